The van der Waals surface area contributed by atoms with Gasteiger partial charge in [0, 0.05) is 13.0 Å². The SMILES string of the molecule is CC/C=C\C/C=C\C/C=C\C/C=C\CCCCCCCCCCC(=O)OC(COCCCCCCCCCCCC/C=C\CCCCCCCCCC)COP(=O)([O-])OCC[N+](C)(C)C. The molecule has 2 atom stereocenters. The highest BCUT2D eigenvalue weighted by atomic mass is 31.2. The number of carbonyl (C=O) groups is 1. The Balaban J connectivity index is 4.13. The van der Waals surface area contributed by atoms with Crippen LogP contribution < -0.4 is 4.89 Å². The third-order valence-corrected chi connectivity index (χ3v) is 12.5. The minimum Gasteiger partial charge on any atom is -0.756 e. The van der Waals surface area contributed by atoms with Gasteiger partial charge in [-0.1, -0.05) is 209 Å². The first-order valence-electron chi connectivity index (χ1n) is 27.0. The number of hydrogen-bond donors (Lipinski definition) is 0. The molecule has 0 aliphatic heterocycles. The summed E-state index contributed by atoms with van der Waals surface area (Å²) in [6, 6.07) is 0. The van der Waals surface area contributed by atoms with E-state index >= 15 is 0 Å². The summed E-state index contributed by atoms with van der Waals surface area (Å²) in [5.74, 6) is -0.342. The van der Waals surface area contributed by atoms with Crippen LogP contribution >= 0.6 is 7.82 Å². The molecule has 0 rings (SSSR count). The van der Waals surface area contributed by atoms with Crippen molar-refractivity contribution in [1.29, 1.82) is 0 Å². The van der Waals surface area contributed by atoms with Gasteiger partial charge in [0.2, 0.25) is 0 Å². The second kappa shape index (κ2) is 48.6. The lowest BCUT2D eigenvalue weighted by atomic mass is 10.1. The molecule has 0 aromatic carbocycles. The molecule has 0 heterocycles. The summed E-state index contributed by atoms with van der Waals surface area (Å²) < 4.78 is 34.8. The van der Waals surface area contributed by atoms with E-state index in [-0.39, 0.29) is 25.8 Å². The van der Waals surface area contributed by atoms with Crippen molar-refractivity contribution >= 4 is 13.8 Å². The van der Waals surface area contributed by atoms with E-state index in [1.807, 2.05) is 21.1 Å². The highest BCUT2D eigenvalue weighted by Crippen LogP contribution is 2.38. The number of ether oxygens (including phenoxy) is 2. The molecule has 2 unspecified atom stereocenters. The van der Waals surface area contributed by atoms with Crippen LogP contribution in [0.5, 0.6) is 0 Å². The largest absolute Gasteiger partial charge is 0.756 e. The molecule has 0 saturated heterocycles. The Morgan fingerprint density at radius 3 is 1.35 bits per heavy atom. The number of nitrogens with zero attached hydrogens (tertiary/aromatic N) is 1. The number of quaternary nitrogens is 1. The monoisotopic (exact) mass is 934 g/mol. The summed E-state index contributed by atoms with van der Waals surface area (Å²) in [5, 5.41) is 0. The molecule has 0 aliphatic carbocycles. The van der Waals surface area contributed by atoms with E-state index in [9.17, 15) is 14.3 Å². The van der Waals surface area contributed by atoms with Crippen LogP contribution in [0.15, 0.2) is 60.8 Å². The minimum absolute atomic E-state index is 0.0224. The quantitative estimate of drug-likeness (QED) is 0.0197. The summed E-state index contributed by atoms with van der Waals surface area (Å²) >= 11 is 0. The van der Waals surface area contributed by atoms with Crippen molar-refractivity contribution in [3.8, 4) is 0 Å². The van der Waals surface area contributed by atoms with Crippen LogP contribution in [0, 0.1) is 0 Å². The molecule has 0 spiro atoms. The second-order valence-electron chi connectivity index (χ2n) is 19.2. The van der Waals surface area contributed by atoms with E-state index < -0.39 is 13.9 Å². The molecule has 0 saturated carbocycles. The van der Waals surface area contributed by atoms with Crippen molar-refractivity contribution in [3.63, 3.8) is 0 Å². The molecule has 0 aromatic heterocycles. The molecule has 0 bridgehead atoms. The van der Waals surface area contributed by atoms with Gasteiger partial charge in [-0.25, -0.2) is 0 Å². The van der Waals surface area contributed by atoms with Crippen molar-refractivity contribution in [1.82, 2.24) is 0 Å². The smallest absolute Gasteiger partial charge is 0.306 e. The molecule has 0 N–H and O–H groups in total. The van der Waals surface area contributed by atoms with Gasteiger partial charge in [-0.3, -0.25) is 9.36 Å². The maximum absolute atomic E-state index is 12.8. The van der Waals surface area contributed by atoms with E-state index in [0.29, 0.717) is 24.1 Å². The van der Waals surface area contributed by atoms with Crippen LogP contribution in [-0.4, -0.2) is 70.7 Å². The first-order valence-corrected chi connectivity index (χ1v) is 28.5. The molecule has 0 radical (unpaired) electrons. The fourth-order valence-electron chi connectivity index (χ4n) is 7.42. The van der Waals surface area contributed by atoms with Crippen LogP contribution in [0.3, 0.4) is 0 Å². The number of phosphoric ester groups is 1. The lowest BCUT2D eigenvalue weighted by Gasteiger charge is -2.28. The summed E-state index contributed by atoms with van der Waals surface area (Å²) in [7, 11) is 1.35. The van der Waals surface area contributed by atoms with Crippen molar-refractivity contribution in [3.05, 3.63) is 60.8 Å². The van der Waals surface area contributed by atoms with Crippen molar-refractivity contribution in [2.75, 3.05) is 54.1 Å². The Kier molecular flexibility index (Phi) is 47.3. The zero-order chi connectivity index (χ0) is 47.6. The van der Waals surface area contributed by atoms with Gasteiger partial charge in [-0.2, -0.15) is 0 Å². The molecule has 0 aliphatic rings. The fraction of sp³-hybridized carbons (Fsp3) is 0.804. The Hall–Kier alpha value is -1.80. The summed E-state index contributed by atoms with van der Waals surface area (Å²) in [4.78, 5) is 25.2. The fourth-order valence-corrected chi connectivity index (χ4v) is 8.14. The van der Waals surface area contributed by atoms with E-state index in [1.54, 1.807) is 0 Å². The van der Waals surface area contributed by atoms with Gasteiger partial charge in [0.1, 0.15) is 19.3 Å². The van der Waals surface area contributed by atoms with Gasteiger partial charge in [-0.05, 0) is 77.0 Å². The molecule has 0 aromatic rings. The molecule has 8 nitrogen and oxygen atoms in total. The van der Waals surface area contributed by atoms with Crippen molar-refractivity contribution in [2.24, 2.45) is 0 Å². The third kappa shape index (κ3) is 53.0. The van der Waals surface area contributed by atoms with Gasteiger partial charge in [0.15, 0.2) is 0 Å². The molecule has 9 heteroatoms. The molecular weight excluding hydrogens is 830 g/mol. The zero-order valence-corrected chi connectivity index (χ0v) is 44.1. The molecule has 0 fully saturated rings. The lowest BCUT2D eigenvalue weighted by Crippen LogP contribution is -2.37. The molecule has 380 valence electrons. The molecule has 0 amide bonds. The number of hydrogen-bond acceptors (Lipinski definition) is 7. The van der Waals surface area contributed by atoms with Gasteiger partial charge >= 0.3 is 5.97 Å². The number of allylic oxidation sites excluding steroid dienone is 10. The van der Waals surface area contributed by atoms with Crippen LogP contribution in [0.2, 0.25) is 0 Å². The molecular formula is C56H104NO7P. The maximum atomic E-state index is 12.8. The summed E-state index contributed by atoms with van der Waals surface area (Å²) in [6.45, 7) is 5.31. The van der Waals surface area contributed by atoms with Crippen LogP contribution in [0.4, 0.5) is 0 Å². The summed E-state index contributed by atoms with van der Waals surface area (Å²) in [6.07, 6.45) is 62.5. The van der Waals surface area contributed by atoms with Gasteiger partial charge < -0.3 is 27.9 Å². The van der Waals surface area contributed by atoms with Gasteiger partial charge in [0.25, 0.3) is 7.82 Å². The van der Waals surface area contributed by atoms with Crippen LogP contribution in [0.1, 0.15) is 232 Å². The van der Waals surface area contributed by atoms with Crippen molar-refractivity contribution < 1.29 is 37.3 Å². The van der Waals surface area contributed by atoms with Gasteiger partial charge in [-0.15, -0.1) is 0 Å². The third-order valence-electron chi connectivity index (χ3n) is 11.6. The maximum Gasteiger partial charge on any atom is 0.306 e. The van der Waals surface area contributed by atoms with Crippen molar-refractivity contribution in [2.45, 2.75) is 238 Å². The predicted octanol–water partition coefficient (Wildman–Crippen LogP) is 16.2. The molecule has 65 heavy (non-hydrogen) atoms. The first kappa shape index (κ1) is 63.2. The average molecular weight is 934 g/mol. The summed E-state index contributed by atoms with van der Waals surface area (Å²) in [5.41, 5.74) is 0. The zero-order valence-electron chi connectivity index (χ0n) is 43.2. The normalized spacial score (nSPS) is 14.0. The minimum atomic E-state index is -4.54. The Morgan fingerprint density at radius 1 is 0.492 bits per heavy atom. The Labute approximate surface area is 402 Å². The topological polar surface area (TPSA) is 94.1 Å². The Bertz CT molecular complexity index is 1220. The van der Waals surface area contributed by atoms with E-state index in [2.05, 4.69) is 74.6 Å². The van der Waals surface area contributed by atoms with Crippen LogP contribution in [0.25, 0.3) is 0 Å². The Morgan fingerprint density at radius 2 is 0.892 bits per heavy atom. The number of esters is 1. The number of phosphoric acid groups is 1. The van der Waals surface area contributed by atoms with E-state index in [0.717, 1.165) is 64.2 Å². The second-order valence-corrected chi connectivity index (χ2v) is 20.6. The van der Waals surface area contributed by atoms with Crippen LogP contribution in [-0.2, 0) is 27.9 Å². The standard InChI is InChI=1S/C56H104NO7P/c1-6-8-10-12-14-16-18-20-22-24-26-28-30-32-34-36-38-40-42-44-46-48-51-61-53-55(54-63-65(59,60)62-52-50-57(3,4)5)64-56(58)49-47-45-43-41-39-37-35-33-31-29-27-25-23-21-19-17-15-13-11-9-7-2/h9,11,15,17,21,23-24,26-27,29,55H,6-8,10,12-14,16,18-20,22,25,28,30-54H2,1-5H3/b11-9-,17-15-,23-21-,26-24-,29-27-. The van der Waals surface area contributed by atoms with E-state index in [4.69, 9.17) is 18.5 Å². The highest BCUT2D eigenvalue weighted by Gasteiger charge is 2.20. The predicted molar refractivity (Wildman–Crippen MR) is 277 cm³/mol. The van der Waals surface area contributed by atoms with Gasteiger partial charge in [0.05, 0.1) is 34.4 Å². The average Bonchev–Trinajstić information content (AvgIpc) is 3.27. The highest BCUT2D eigenvalue weighted by molar-refractivity contribution is 7.45. The number of carbonyl (C=O) groups excluding carboxylic acids is 1. The first-order chi connectivity index (χ1) is 31.6. The number of unbranched alkanes of at least 4 members (excludes halogenated alkanes) is 26. The number of likely N-dealkylation sites (N-methyl/N-ethyl adjacent to an activating group) is 1. The van der Waals surface area contributed by atoms with E-state index in [1.165, 1.54) is 148 Å². The number of rotatable bonds is 50. The lowest BCUT2D eigenvalue weighted by molar-refractivity contribution is -0.870.